The summed E-state index contributed by atoms with van der Waals surface area (Å²) >= 11 is 0. The van der Waals surface area contributed by atoms with E-state index in [1.54, 1.807) is 0 Å². The highest BCUT2D eigenvalue weighted by molar-refractivity contribution is 4.96. The highest BCUT2D eigenvalue weighted by Gasteiger charge is 2.46. The summed E-state index contributed by atoms with van der Waals surface area (Å²) in [5.74, 6) is 1.61. The molecule has 0 bridgehead atoms. The zero-order chi connectivity index (χ0) is 10.2. The third kappa shape index (κ3) is 1.70. The second-order valence-corrected chi connectivity index (χ2v) is 5.36. The molecule has 1 heterocycles. The molecule has 1 spiro atoms. The number of hydrogen-bond donors (Lipinski definition) is 1. The average Bonchev–Trinajstić information content (AvgIpc) is 2.58. The smallest absolute Gasteiger partial charge is 0.0713 e. The van der Waals surface area contributed by atoms with Gasteiger partial charge in [-0.1, -0.05) is 13.8 Å². The van der Waals surface area contributed by atoms with E-state index in [1.807, 2.05) is 0 Å². The summed E-state index contributed by atoms with van der Waals surface area (Å²) in [4.78, 5) is 0. The van der Waals surface area contributed by atoms with Crippen LogP contribution in [0.5, 0.6) is 0 Å². The van der Waals surface area contributed by atoms with Crippen molar-refractivity contribution in [2.24, 2.45) is 17.6 Å². The maximum Gasteiger partial charge on any atom is 0.0713 e. The first-order chi connectivity index (χ1) is 6.66. The minimum Gasteiger partial charge on any atom is -0.370 e. The fraction of sp³-hybridized carbons (Fsp3) is 1.00. The standard InChI is InChI=1S/C12H23NO/c1-9-3-5-12(10(2)7-9)6-4-11(8-13)14-12/h9-11H,3-8,13H2,1-2H3/t9-,10-,11-,12+/m1/s1. The number of ether oxygens (including phenoxy) is 1. The lowest BCUT2D eigenvalue weighted by atomic mass is 9.71. The maximum atomic E-state index is 6.17. The fourth-order valence-corrected chi connectivity index (χ4v) is 3.24. The van der Waals surface area contributed by atoms with Crippen molar-refractivity contribution in [1.82, 2.24) is 0 Å². The molecule has 0 amide bonds. The van der Waals surface area contributed by atoms with Crippen LogP contribution in [0.15, 0.2) is 0 Å². The Morgan fingerprint density at radius 2 is 2.00 bits per heavy atom. The van der Waals surface area contributed by atoms with Gasteiger partial charge in [-0.05, 0) is 43.9 Å². The van der Waals surface area contributed by atoms with Gasteiger partial charge in [0.2, 0.25) is 0 Å². The molecule has 2 N–H and O–H groups in total. The summed E-state index contributed by atoms with van der Waals surface area (Å²) < 4.78 is 6.17. The van der Waals surface area contributed by atoms with Crippen LogP contribution in [0.1, 0.15) is 46.0 Å². The molecule has 0 aromatic carbocycles. The van der Waals surface area contributed by atoms with Crippen LogP contribution in [0.4, 0.5) is 0 Å². The predicted octanol–water partition coefficient (Wildman–Crippen LogP) is 2.32. The van der Waals surface area contributed by atoms with Crippen LogP contribution >= 0.6 is 0 Å². The van der Waals surface area contributed by atoms with Gasteiger partial charge in [-0.15, -0.1) is 0 Å². The molecule has 1 aliphatic heterocycles. The first-order valence-corrected chi connectivity index (χ1v) is 6.04. The van der Waals surface area contributed by atoms with Crippen molar-refractivity contribution in [3.63, 3.8) is 0 Å². The number of hydrogen-bond acceptors (Lipinski definition) is 2. The first-order valence-electron chi connectivity index (χ1n) is 6.04. The zero-order valence-electron chi connectivity index (χ0n) is 9.46. The van der Waals surface area contributed by atoms with Crippen molar-refractivity contribution in [1.29, 1.82) is 0 Å². The Balaban J connectivity index is 2.02. The van der Waals surface area contributed by atoms with E-state index in [-0.39, 0.29) is 5.60 Å². The molecule has 2 heteroatoms. The fourth-order valence-electron chi connectivity index (χ4n) is 3.24. The van der Waals surface area contributed by atoms with Gasteiger partial charge in [0.15, 0.2) is 0 Å². The third-order valence-corrected chi connectivity index (χ3v) is 4.27. The quantitative estimate of drug-likeness (QED) is 0.700. The van der Waals surface area contributed by atoms with Gasteiger partial charge in [-0.2, -0.15) is 0 Å². The molecule has 0 aromatic heterocycles. The summed E-state index contributed by atoms with van der Waals surface area (Å²) in [6.45, 7) is 5.41. The van der Waals surface area contributed by atoms with Gasteiger partial charge in [-0.25, -0.2) is 0 Å². The summed E-state index contributed by atoms with van der Waals surface area (Å²) in [6, 6.07) is 0. The van der Waals surface area contributed by atoms with Crippen molar-refractivity contribution in [3.05, 3.63) is 0 Å². The molecule has 0 aromatic rings. The van der Waals surface area contributed by atoms with Crippen LogP contribution in [0, 0.1) is 11.8 Å². The number of nitrogens with two attached hydrogens (primary N) is 1. The lowest BCUT2D eigenvalue weighted by molar-refractivity contribution is -0.0999. The van der Waals surface area contributed by atoms with Gasteiger partial charge < -0.3 is 10.5 Å². The second kappa shape index (κ2) is 3.82. The maximum absolute atomic E-state index is 6.17. The third-order valence-electron chi connectivity index (χ3n) is 4.27. The van der Waals surface area contributed by atoms with E-state index in [9.17, 15) is 0 Å². The van der Waals surface area contributed by atoms with Gasteiger partial charge in [0, 0.05) is 6.54 Å². The highest BCUT2D eigenvalue weighted by Crippen LogP contribution is 2.46. The Bertz CT molecular complexity index is 206. The Labute approximate surface area is 87.2 Å². The van der Waals surface area contributed by atoms with Gasteiger partial charge in [0.05, 0.1) is 11.7 Å². The van der Waals surface area contributed by atoms with E-state index in [1.165, 1.54) is 32.1 Å². The lowest BCUT2D eigenvalue weighted by Crippen LogP contribution is -2.42. The minimum absolute atomic E-state index is 0.205. The molecule has 2 fully saturated rings. The molecule has 4 atom stereocenters. The van der Waals surface area contributed by atoms with E-state index in [2.05, 4.69) is 13.8 Å². The highest BCUT2D eigenvalue weighted by atomic mass is 16.5. The van der Waals surface area contributed by atoms with E-state index in [0.717, 1.165) is 11.8 Å². The summed E-state index contributed by atoms with van der Waals surface area (Å²) in [5, 5.41) is 0. The van der Waals surface area contributed by atoms with Crippen LogP contribution in [-0.2, 0) is 4.74 Å². The van der Waals surface area contributed by atoms with Crippen molar-refractivity contribution < 1.29 is 4.74 Å². The lowest BCUT2D eigenvalue weighted by Gasteiger charge is -2.41. The van der Waals surface area contributed by atoms with Gasteiger partial charge >= 0.3 is 0 Å². The van der Waals surface area contributed by atoms with Gasteiger partial charge in [-0.3, -0.25) is 0 Å². The molecular weight excluding hydrogens is 174 g/mol. The molecule has 82 valence electrons. The van der Waals surface area contributed by atoms with E-state index in [0.29, 0.717) is 12.6 Å². The first kappa shape index (κ1) is 10.4. The zero-order valence-corrected chi connectivity index (χ0v) is 9.46. The molecule has 1 saturated heterocycles. The van der Waals surface area contributed by atoms with Crippen LogP contribution in [0.25, 0.3) is 0 Å². The molecular formula is C12H23NO. The Morgan fingerprint density at radius 1 is 1.29 bits per heavy atom. The Kier molecular flexibility index (Phi) is 2.85. The molecule has 1 aliphatic carbocycles. The van der Waals surface area contributed by atoms with E-state index < -0.39 is 0 Å². The normalized spacial score (nSPS) is 48.6. The van der Waals surface area contributed by atoms with Crippen LogP contribution in [0.3, 0.4) is 0 Å². The predicted molar refractivity (Wildman–Crippen MR) is 58.1 cm³/mol. The van der Waals surface area contributed by atoms with Crippen molar-refractivity contribution >= 4 is 0 Å². The SMILES string of the molecule is C[C@@H]1CC[C@]2(CC[C@H](CN)O2)[C@H](C)C1. The van der Waals surface area contributed by atoms with Crippen molar-refractivity contribution in [3.8, 4) is 0 Å². The molecule has 14 heavy (non-hydrogen) atoms. The van der Waals surface area contributed by atoms with Crippen molar-refractivity contribution in [2.45, 2.75) is 57.7 Å². The molecule has 0 radical (unpaired) electrons. The van der Waals surface area contributed by atoms with Crippen molar-refractivity contribution in [2.75, 3.05) is 6.54 Å². The van der Waals surface area contributed by atoms with E-state index in [4.69, 9.17) is 10.5 Å². The summed E-state index contributed by atoms with van der Waals surface area (Å²) in [6.07, 6.45) is 6.67. The van der Waals surface area contributed by atoms with Gasteiger partial charge in [0.1, 0.15) is 0 Å². The Morgan fingerprint density at radius 3 is 2.57 bits per heavy atom. The monoisotopic (exact) mass is 197 g/mol. The second-order valence-electron chi connectivity index (χ2n) is 5.36. The van der Waals surface area contributed by atoms with Crippen LogP contribution in [-0.4, -0.2) is 18.2 Å². The molecule has 0 unspecified atom stereocenters. The van der Waals surface area contributed by atoms with E-state index >= 15 is 0 Å². The summed E-state index contributed by atoms with van der Waals surface area (Å²) in [7, 11) is 0. The summed E-state index contributed by atoms with van der Waals surface area (Å²) in [5.41, 5.74) is 5.88. The largest absolute Gasteiger partial charge is 0.370 e. The molecule has 1 saturated carbocycles. The number of rotatable bonds is 1. The molecule has 2 rings (SSSR count). The minimum atomic E-state index is 0.205. The van der Waals surface area contributed by atoms with Crippen LogP contribution in [0.2, 0.25) is 0 Å². The molecule has 2 nitrogen and oxygen atoms in total. The van der Waals surface area contributed by atoms with Gasteiger partial charge in [0.25, 0.3) is 0 Å². The van der Waals surface area contributed by atoms with Crippen LogP contribution < -0.4 is 5.73 Å². The molecule has 2 aliphatic rings. The topological polar surface area (TPSA) is 35.2 Å². The Hall–Kier alpha value is -0.0800. The average molecular weight is 197 g/mol.